The Morgan fingerprint density at radius 1 is 1.22 bits per heavy atom. The van der Waals surface area contributed by atoms with Crippen molar-refractivity contribution in [3.05, 3.63) is 34.5 Å². The van der Waals surface area contributed by atoms with Crippen molar-refractivity contribution >= 4 is 40.2 Å². The lowest BCUT2D eigenvalue weighted by atomic mass is 9.67. The summed E-state index contributed by atoms with van der Waals surface area (Å²) in [4.78, 5) is 48.0. The van der Waals surface area contributed by atoms with Gasteiger partial charge in [-0.15, -0.1) is 0 Å². The van der Waals surface area contributed by atoms with Crippen LogP contribution in [0.25, 0.3) is 10.9 Å². The van der Waals surface area contributed by atoms with Crippen LogP contribution in [0.3, 0.4) is 0 Å². The molecule has 9 heteroatoms. The Kier molecular flexibility index (Phi) is 6.32. The number of rotatable bonds is 3. The normalized spacial score (nSPS) is 26.5. The molecule has 1 aromatic carbocycles. The van der Waals surface area contributed by atoms with Crippen molar-refractivity contribution in [2.45, 2.75) is 58.0 Å². The fourth-order valence-corrected chi connectivity index (χ4v) is 6.42. The Balaban J connectivity index is 1.56. The van der Waals surface area contributed by atoms with Gasteiger partial charge in [0.25, 0.3) is 0 Å². The molecule has 2 N–H and O–H groups in total. The fourth-order valence-electron chi connectivity index (χ4n) is 6.25. The highest BCUT2D eigenvalue weighted by molar-refractivity contribution is 6.31. The average molecular weight is 515 g/mol. The summed E-state index contributed by atoms with van der Waals surface area (Å²) >= 11 is 6.32. The Labute approximate surface area is 216 Å². The van der Waals surface area contributed by atoms with Crippen LogP contribution in [-0.4, -0.2) is 70.9 Å². The molecule has 2 fully saturated rings. The molecule has 0 spiro atoms. The van der Waals surface area contributed by atoms with Crippen LogP contribution in [0.15, 0.2) is 18.2 Å². The second-order valence-corrected chi connectivity index (χ2v) is 11.9. The van der Waals surface area contributed by atoms with E-state index in [1.54, 1.807) is 0 Å². The first-order valence-corrected chi connectivity index (χ1v) is 13.2. The average Bonchev–Trinajstić information content (AvgIpc) is 3.19. The quantitative estimate of drug-likeness (QED) is 0.657. The van der Waals surface area contributed by atoms with E-state index in [-0.39, 0.29) is 24.1 Å². The minimum atomic E-state index is -0.845. The van der Waals surface area contributed by atoms with Crippen LogP contribution in [0.2, 0.25) is 5.02 Å². The molecule has 8 nitrogen and oxygen atoms in total. The monoisotopic (exact) mass is 514 g/mol. The topological polar surface area (TPSA) is 94.7 Å². The van der Waals surface area contributed by atoms with Gasteiger partial charge < -0.3 is 24.8 Å². The van der Waals surface area contributed by atoms with Gasteiger partial charge in [0.1, 0.15) is 0 Å². The van der Waals surface area contributed by atoms with E-state index in [1.165, 1.54) is 0 Å². The van der Waals surface area contributed by atoms with Gasteiger partial charge in [0.2, 0.25) is 17.7 Å². The first kappa shape index (κ1) is 25.1. The van der Waals surface area contributed by atoms with Gasteiger partial charge in [0.15, 0.2) is 0 Å². The molecule has 0 saturated carbocycles. The van der Waals surface area contributed by atoms with Crippen molar-refractivity contribution in [2.24, 2.45) is 11.8 Å². The highest BCUT2D eigenvalue weighted by Crippen LogP contribution is 2.50. The standard InChI is InChI=1S/C27H35ClN4O4/c1-26(2,3)30-22(33)14-16-13-20(25(35)31-9-11-36-12-10-31)27(4)23-18(7-8-32(27)24(16)34)19-15-17(28)5-6-21(19)29-23/h5-6,15-16,20,29H,7-14H2,1-4H3,(H,30,33)/t16-,20-,27+/m1/s1. The van der Waals surface area contributed by atoms with Crippen LogP contribution < -0.4 is 5.32 Å². The number of carbonyl (C=O) groups is 3. The van der Waals surface area contributed by atoms with Crippen LogP contribution in [0.1, 0.15) is 51.8 Å². The van der Waals surface area contributed by atoms with E-state index in [9.17, 15) is 14.4 Å². The fraction of sp³-hybridized carbons (Fsp3) is 0.593. The van der Waals surface area contributed by atoms with Crippen molar-refractivity contribution < 1.29 is 19.1 Å². The van der Waals surface area contributed by atoms with Crippen molar-refractivity contribution in [1.29, 1.82) is 0 Å². The van der Waals surface area contributed by atoms with E-state index < -0.39 is 22.9 Å². The number of hydrogen-bond acceptors (Lipinski definition) is 4. The number of amides is 3. The van der Waals surface area contributed by atoms with Crippen molar-refractivity contribution in [3.8, 4) is 0 Å². The van der Waals surface area contributed by atoms with Crippen LogP contribution >= 0.6 is 11.6 Å². The SMILES string of the molecule is CC(C)(C)NC(=O)C[C@H]1C[C@H](C(=O)N2CCOCC2)[C@@]2(C)c3[nH]c4ccc(Cl)cc4c3CCN2C1=O. The molecule has 0 unspecified atom stereocenters. The van der Waals surface area contributed by atoms with Crippen LogP contribution in [0, 0.1) is 11.8 Å². The van der Waals surface area contributed by atoms with Gasteiger partial charge in [-0.1, -0.05) is 11.6 Å². The molecule has 4 heterocycles. The maximum absolute atomic E-state index is 14.1. The van der Waals surface area contributed by atoms with Crippen molar-refractivity contribution in [3.63, 3.8) is 0 Å². The summed E-state index contributed by atoms with van der Waals surface area (Å²) in [7, 11) is 0. The number of halogens is 1. The lowest BCUT2D eigenvalue weighted by Gasteiger charge is -2.54. The molecule has 1 aromatic heterocycles. The molecular formula is C27H35ClN4O4. The number of nitrogens with zero attached hydrogens (tertiary/aromatic N) is 2. The molecule has 3 amide bonds. The third kappa shape index (κ3) is 4.28. The summed E-state index contributed by atoms with van der Waals surface area (Å²) in [6.45, 7) is 10.3. The molecule has 2 saturated heterocycles. The second kappa shape index (κ2) is 9.06. The Hall–Kier alpha value is -2.58. The summed E-state index contributed by atoms with van der Waals surface area (Å²) in [6.07, 6.45) is 1.07. The minimum absolute atomic E-state index is 0.0177. The van der Waals surface area contributed by atoms with Gasteiger partial charge in [-0.25, -0.2) is 0 Å². The molecule has 5 rings (SSSR count). The predicted octanol–water partition coefficient (Wildman–Crippen LogP) is 3.22. The van der Waals surface area contributed by atoms with Crippen LogP contribution in [0.5, 0.6) is 0 Å². The van der Waals surface area contributed by atoms with E-state index in [2.05, 4.69) is 10.3 Å². The number of fused-ring (bicyclic) bond motifs is 5. The van der Waals surface area contributed by atoms with E-state index in [0.29, 0.717) is 50.7 Å². The summed E-state index contributed by atoms with van der Waals surface area (Å²) in [5, 5.41) is 4.67. The molecule has 0 radical (unpaired) electrons. The number of H-pyrrole nitrogens is 1. The second-order valence-electron chi connectivity index (χ2n) is 11.5. The molecule has 2 aromatic rings. The third-order valence-electron chi connectivity index (χ3n) is 7.90. The Morgan fingerprint density at radius 3 is 2.64 bits per heavy atom. The number of hydrogen-bond donors (Lipinski definition) is 2. The van der Waals surface area contributed by atoms with E-state index in [1.807, 2.05) is 55.7 Å². The maximum Gasteiger partial charge on any atom is 0.228 e. The lowest BCUT2D eigenvalue weighted by Crippen LogP contribution is -2.65. The van der Waals surface area contributed by atoms with E-state index >= 15 is 0 Å². The highest BCUT2D eigenvalue weighted by atomic mass is 35.5. The number of morpholine rings is 1. The zero-order valence-corrected chi connectivity index (χ0v) is 22.2. The minimum Gasteiger partial charge on any atom is -0.378 e. The molecule has 194 valence electrons. The summed E-state index contributed by atoms with van der Waals surface area (Å²) in [5.74, 6) is -1.24. The van der Waals surface area contributed by atoms with E-state index in [4.69, 9.17) is 16.3 Å². The molecule has 3 aliphatic heterocycles. The van der Waals surface area contributed by atoms with Crippen molar-refractivity contribution in [2.75, 3.05) is 32.8 Å². The van der Waals surface area contributed by atoms with Gasteiger partial charge in [-0.05, 0) is 64.3 Å². The number of carbonyl (C=O) groups excluding carboxylic acids is 3. The van der Waals surface area contributed by atoms with Gasteiger partial charge in [0, 0.05) is 59.1 Å². The summed E-state index contributed by atoms with van der Waals surface area (Å²) in [5.41, 5.74) is 1.73. The van der Waals surface area contributed by atoms with E-state index in [0.717, 1.165) is 22.2 Å². The number of piperidine rings is 1. The molecule has 0 bridgehead atoms. The molecule has 3 aliphatic rings. The largest absolute Gasteiger partial charge is 0.378 e. The number of benzene rings is 1. The zero-order chi connectivity index (χ0) is 25.8. The zero-order valence-electron chi connectivity index (χ0n) is 21.4. The molecular weight excluding hydrogens is 480 g/mol. The summed E-state index contributed by atoms with van der Waals surface area (Å²) < 4.78 is 5.48. The predicted molar refractivity (Wildman–Crippen MR) is 138 cm³/mol. The Bertz CT molecular complexity index is 1210. The van der Waals surface area contributed by atoms with Crippen LogP contribution in [0.4, 0.5) is 0 Å². The lowest BCUT2D eigenvalue weighted by molar-refractivity contribution is -0.166. The molecule has 3 atom stereocenters. The van der Waals surface area contributed by atoms with Gasteiger partial charge >= 0.3 is 0 Å². The number of aromatic nitrogens is 1. The first-order chi connectivity index (χ1) is 17.0. The Morgan fingerprint density at radius 2 is 1.94 bits per heavy atom. The number of ether oxygens (including phenoxy) is 1. The molecule has 36 heavy (non-hydrogen) atoms. The number of aromatic amines is 1. The molecule has 0 aliphatic carbocycles. The van der Waals surface area contributed by atoms with Crippen molar-refractivity contribution in [1.82, 2.24) is 20.1 Å². The van der Waals surface area contributed by atoms with Crippen LogP contribution in [-0.2, 0) is 31.1 Å². The number of nitrogens with one attached hydrogen (secondary N) is 2. The van der Waals surface area contributed by atoms with Gasteiger partial charge in [-0.2, -0.15) is 0 Å². The van der Waals surface area contributed by atoms with Gasteiger partial charge in [-0.3, -0.25) is 14.4 Å². The maximum atomic E-state index is 14.1. The first-order valence-electron chi connectivity index (χ1n) is 12.8. The van der Waals surface area contributed by atoms with Gasteiger partial charge in [0.05, 0.1) is 24.7 Å². The third-order valence-corrected chi connectivity index (χ3v) is 8.14. The summed E-state index contributed by atoms with van der Waals surface area (Å²) in [6, 6.07) is 5.75. The smallest absolute Gasteiger partial charge is 0.228 e. The highest BCUT2D eigenvalue weighted by Gasteiger charge is 2.57.